The molecule has 1 heterocycles. The Balaban J connectivity index is 0.00000242. The van der Waals surface area contributed by atoms with Crippen LogP contribution in [0.4, 0.5) is 5.69 Å². The lowest BCUT2D eigenvalue weighted by Gasteiger charge is -2.20. The zero-order chi connectivity index (χ0) is 15.4. The quantitative estimate of drug-likeness (QED) is 0.758. The lowest BCUT2D eigenvalue weighted by Crippen LogP contribution is -2.46. The predicted molar refractivity (Wildman–Crippen MR) is 105 cm³/mol. The van der Waals surface area contributed by atoms with Crippen molar-refractivity contribution in [2.75, 3.05) is 18.0 Å². The molecule has 0 saturated carbocycles. The first-order valence-electron chi connectivity index (χ1n) is 7.52. The van der Waals surface area contributed by atoms with Crippen molar-refractivity contribution in [3.63, 3.8) is 0 Å². The number of nitrogens with two attached hydrogens (primary N) is 1. The van der Waals surface area contributed by atoms with Gasteiger partial charge in [0, 0.05) is 29.3 Å². The van der Waals surface area contributed by atoms with Crippen molar-refractivity contribution in [3.8, 4) is 0 Å². The molecule has 1 aromatic carbocycles. The minimum atomic E-state index is -0.397. The van der Waals surface area contributed by atoms with E-state index >= 15 is 0 Å². The molecule has 7 heteroatoms. The number of anilines is 1. The number of carbonyl (C=O) groups is 1. The Hall–Kier alpha value is -0.490. The van der Waals surface area contributed by atoms with E-state index in [2.05, 4.69) is 52.1 Å². The molecule has 23 heavy (non-hydrogen) atoms. The lowest BCUT2D eigenvalue weighted by molar-refractivity contribution is -0.123. The Kier molecular flexibility index (Phi) is 10.2. The minimum Gasteiger partial charge on any atom is -0.369 e. The molecule has 0 radical (unpaired) electrons. The number of carbonyl (C=O) groups excluding carboxylic acids is 1. The second kappa shape index (κ2) is 10.4. The molecule has 1 aliphatic rings. The van der Waals surface area contributed by atoms with E-state index in [0.29, 0.717) is 5.92 Å². The molecule has 1 aliphatic heterocycles. The number of benzene rings is 1. The van der Waals surface area contributed by atoms with Gasteiger partial charge in [-0.1, -0.05) is 29.8 Å². The number of halogens is 3. The van der Waals surface area contributed by atoms with Gasteiger partial charge in [-0.3, -0.25) is 4.79 Å². The van der Waals surface area contributed by atoms with Gasteiger partial charge in [-0.05, 0) is 43.0 Å². The highest BCUT2D eigenvalue weighted by Gasteiger charge is 2.26. The van der Waals surface area contributed by atoms with E-state index in [4.69, 9.17) is 5.73 Å². The van der Waals surface area contributed by atoms with Gasteiger partial charge in [-0.25, -0.2) is 0 Å². The van der Waals surface area contributed by atoms with Gasteiger partial charge in [0.05, 0.1) is 6.04 Å². The third kappa shape index (κ3) is 6.87. The lowest BCUT2D eigenvalue weighted by atomic mass is 10.0. The van der Waals surface area contributed by atoms with Gasteiger partial charge in [0.15, 0.2) is 0 Å². The topological polar surface area (TPSA) is 58.4 Å². The average Bonchev–Trinajstić information content (AvgIpc) is 2.87. The number of nitrogens with one attached hydrogen (secondary N) is 1. The maximum atomic E-state index is 12.1. The highest BCUT2D eigenvalue weighted by atomic mass is 79.9. The molecule has 2 atom stereocenters. The summed E-state index contributed by atoms with van der Waals surface area (Å²) >= 11 is 3.44. The third-order valence-corrected chi connectivity index (χ3v) is 4.32. The molecule has 0 aliphatic carbocycles. The van der Waals surface area contributed by atoms with Gasteiger partial charge >= 0.3 is 0 Å². The summed E-state index contributed by atoms with van der Waals surface area (Å²) in [5.74, 6) is 0.417. The van der Waals surface area contributed by atoms with Crippen molar-refractivity contribution in [1.29, 1.82) is 0 Å². The van der Waals surface area contributed by atoms with E-state index in [0.717, 1.165) is 30.4 Å². The molecule has 4 nitrogen and oxygen atoms in total. The van der Waals surface area contributed by atoms with Crippen molar-refractivity contribution >= 4 is 52.3 Å². The Morgan fingerprint density at radius 2 is 1.96 bits per heavy atom. The summed E-state index contributed by atoms with van der Waals surface area (Å²) in [6.45, 7) is 5.98. The zero-order valence-electron chi connectivity index (χ0n) is 13.5. The molecule has 1 fully saturated rings. The van der Waals surface area contributed by atoms with Crippen LogP contribution in [0.25, 0.3) is 0 Å². The highest BCUT2D eigenvalue weighted by molar-refractivity contribution is 9.10. The van der Waals surface area contributed by atoms with Crippen molar-refractivity contribution in [1.82, 2.24) is 5.32 Å². The van der Waals surface area contributed by atoms with E-state index in [9.17, 15) is 4.79 Å². The van der Waals surface area contributed by atoms with Crippen LogP contribution in [0.3, 0.4) is 0 Å². The van der Waals surface area contributed by atoms with Crippen LogP contribution in [0.2, 0.25) is 0 Å². The van der Waals surface area contributed by atoms with Gasteiger partial charge < -0.3 is 16.0 Å². The summed E-state index contributed by atoms with van der Waals surface area (Å²) in [5.41, 5.74) is 7.12. The smallest absolute Gasteiger partial charge is 0.237 e. The fourth-order valence-corrected chi connectivity index (χ4v) is 2.95. The summed E-state index contributed by atoms with van der Waals surface area (Å²) < 4.78 is 1.08. The average molecular weight is 427 g/mol. The molecule has 0 spiro atoms. The van der Waals surface area contributed by atoms with E-state index < -0.39 is 6.04 Å². The second-order valence-electron chi connectivity index (χ2n) is 6.15. The molecule has 2 rings (SSSR count). The summed E-state index contributed by atoms with van der Waals surface area (Å²) in [5, 5.41) is 3.08. The van der Waals surface area contributed by atoms with Gasteiger partial charge in [-0.15, -0.1) is 24.8 Å². The summed E-state index contributed by atoms with van der Waals surface area (Å²) in [4.78, 5) is 14.4. The normalized spacial score (nSPS) is 18.1. The number of hydrogen-bond donors (Lipinski definition) is 2. The van der Waals surface area contributed by atoms with Gasteiger partial charge in [0.1, 0.15) is 0 Å². The number of rotatable bonds is 5. The summed E-state index contributed by atoms with van der Waals surface area (Å²) in [6, 6.07) is 8.07. The minimum absolute atomic E-state index is 0. The fourth-order valence-electron chi connectivity index (χ4n) is 2.69. The number of hydrogen-bond acceptors (Lipinski definition) is 3. The molecule has 1 amide bonds. The van der Waals surface area contributed by atoms with Crippen molar-refractivity contribution < 1.29 is 4.79 Å². The largest absolute Gasteiger partial charge is 0.369 e. The first kappa shape index (κ1) is 22.5. The van der Waals surface area contributed by atoms with Gasteiger partial charge in [0.2, 0.25) is 5.91 Å². The van der Waals surface area contributed by atoms with Gasteiger partial charge in [0.25, 0.3) is 0 Å². The van der Waals surface area contributed by atoms with Gasteiger partial charge in [-0.2, -0.15) is 0 Å². The molecule has 0 bridgehead atoms. The maximum absolute atomic E-state index is 12.1. The van der Waals surface area contributed by atoms with Crippen molar-refractivity contribution in [3.05, 3.63) is 28.7 Å². The monoisotopic (exact) mass is 425 g/mol. The van der Waals surface area contributed by atoms with Crippen molar-refractivity contribution in [2.24, 2.45) is 11.7 Å². The second-order valence-corrected chi connectivity index (χ2v) is 7.07. The molecular formula is C16H26BrCl2N3O. The molecular weight excluding hydrogens is 401 g/mol. The fraction of sp³-hybridized carbons (Fsp3) is 0.562. The first-order valence-corrected chi connectivity index (χ1v) is 8.31. The van der Waals surface area contributed by atoms with Crippen LogP contribution >= 0.6 is 40.7 Å². The Morgan fingerprint density at radius 1 is 1.35 bits per heavy atom. The van der Waals surface area contributed by atoms with Crippen molar-refractivity contribution in [2.45, 2.75) is 38.8 Å². The van der Waals surface area contributed by atoms with Crippen LogP contribution in [0.5, 0.6) is 0 Å². The Labute approximate surface area is 159 Å². The molecule has 0 aromatic heterocycles. The van der Waals surface area contributed by atoms with Crippen LogP contribution in [0, 0.1) is 5.92 Å². The summed E-state index contributed by atoms with van der Waals surface area (Å²) in [7, 11) is 0. The Bertz CT molecular complexity index is 485. The summed E-state index contributed by atoms with van der Waals surface area (Å²) in [6.07, 6.45) is 1.70. The van der Waals surface area contributed by atoms with Crippen LogP contribution in [0.1, 0.15) is 26.7 Å². The number of amides is 1. The van der Waals surface area contributed by atoms with E-state index in [1.165, 1.54) is 5.69 Å². The standard InChI is InChI=1S/C16H24BrN3O.2ClH/c1-11(2)9-15(18)16(21)19-13-7-8-20(10-13)14-5-3-12(17)4-6-14;;/h3-6,11,13,15H,7-10,18H2,1-2H3,(H,19,21);2*1H/t13?,15-;;/m0../s1. The molecule has 3 N–H and O–H groups in total. The van der Waals surface area contributed by atoms with Crippen LogP contribution in [0.15, 0.2) is 28.7 Å². The predicted octanol–water partition coefficient (Wildman–Crippen LogP) is 3.36. The molecule has 132 valence electrons. The van der Waals surface area contributed by atoms with E-state index in [-0.39, 0.29) is 36.8 Å². The van der Waals surface area contributed by atoms with Crippen LogP contribution < -0.4 is 16.0 Å². The molecule has 1 unspecified atom stereocenters. The zero-order valence-corrected chi connectivity index (χ0v) is 16.7. The third-order valence-electron chi connectivity index (χ3n) is 3.79. The van der Waals surface area contributed by atoms with E-state index in [1.54, 1.807) is 0 Å². The van der Waals surface area contributed by atoms with Crippen LogP contribution in [-0.2, 0) is 4.79 Å². The first-order chi connectivity index (χ1) is 9.95. The molecule has 1 aromatic rings. The maximum Gasteiger partial charge on any atom is 0.237 e. The Morgan fingerprint density at radius 3 is 2.52 bits per heavy atom. The SMILES string of the molecule is CC(C)C[C@H](N)C(=O)NC1CCN(c2ccc(Br)cc2)C1.Cl.Cl. The van der Waals surface area contributed by atoms with E-state index in [1.807, 2.05) is 12.1 Å². The van der Waals surface area contributed by atoms with Crippen LogP contribution in [-0.4, -0.2) is 31.1 Å². The highest BCUT2D eigenvalue weighted by Crippen LogP contribution is 2.22. The number of nitrogens with zero attached hydrogens (tertiary/aromatic N) is 1. The molecule has 1 saturated heterocycles.